The highest BCUT2D eigenvalue weighted by atomic mass is 16.5. The summed E-state index contributed by atoms with van der Waals surface area (Å²) in [6.07, 6.45) is 5.38. The summed E-state index contributed by atoms with van der Waals surface area (Å²) in [4.78, 5) is 18.4. The highest BCUT2D eigenvalue weighted by molar-refractivity contribution is 5.90. The highest BCUT2D eigenvalue weighted by Crippen LogP contribution is 2.42. The van der Waals surface area contributed by atoms with Crippen LogP contribution in [0.4, 0.5) is 0 Å². The maximum atomic E-state index is 11.9. The molecule has 5 heteroatoms. The van der Waals surface area contributed by atoms with E-state index in [2.05, 4.69) is 9.88 Å². The lowest BCUT2D eigenvalue weighted by Crippen LogP contribution is -2.57. The zero-order chi connectivity index (χ0) is 18.1. The molecule has 3 saturated heterocycles. The van der Waals surface area contributed by atoms with Gasteiger partial charge in [0.05, 0.1) is 12.2 Å². The molecule has 1 aromatic carbocycles. The Hall–Kier alpha value is -2.24. The van der Waals surface area contributed by atoms with Gasteiger partial charge in [-0.2, -0.15) is 0 Å². The van der Waals surface area contributed by atoms with Crippen molar-refractivity contribution >= 4 is 5.97 Å². The molecule has 1 aromatic heterocycles. The Kier molecular flexibility index (Phi) is 4.51. The first-order valence-corrected chi connectivity index (χ1v) is 9.28. The highest BCUT2D eigenvalue weighted by Gasteiger charge is 2.46. The molecule has 26 heavy (non-hydrogen) atoms. The fourth-order valence-corrected chi connectivity index (χ4v) is 4.24. The average Bonchev–Trinajstić information content (AvgIpc) is 2.69. The van der Waals surface area contributed by atoms with Crippen molar-refractivity contribution in [3.8, 4) is 11.1 Å². The molecule has 1 unspecified atom stereocenters. The van der Waals surface area contributed by atoms with Crippen LogP contribution < -0.4 is 0 Å². The third-order valence-electron chi connectivity index (χ3n) is 5.70. The monoisotopic (exact) mass is 352 g/mol. The lowest BCUT2D eigenvalue weighted by molar-refractivity contribution is -0.117. The van der Waals surface area contributed by atoms with Crippen LogP contribution >= 0.6 is 0 Å². The summed E-state index contributed by atoms with van der Waals surface area (Å²) >= 11 is 0. The predicted octanol–water partition coefficient (Wildman–Crippen LogP) is 2.84. The number of aliphatic hydroxyl groups is 1. The Balaban J connectivity index is 1.59. The third kappa shape index (κ3) is 3.02. The largest absolute Gasteiger partial charge is 0.462 e. The SMILES string of the molecule is CCOC(=O)c1cncc(-c2ccc(C3(O)CN4CCC3CC4)cc2)c1. The first kappa shape index (κ1) is 17.2. The van der Waals surface area contributed by atoms with Crippen molar-refractivity contribution in [2.45, 2.75) is 25.4 Å². The molecule has 0 amide bonds. The van der Waals surface area contributed by atoms with E-state index in [1.165, 1.54) is 6.20 Å². The fourth-order valence-electron chi connectivity index (χ4n) is 4.24. The van der Waals surface area contributed by atoms with Gasteiger partial charge in [0.15, 0.2) is 0 Å². The van der Waals surface area contributed by atoms with Gasteiger partial charge in [-0.15, -0.1) is 0 Å². The van der Waals surface area contributed by atoms with Gasteiger partial charge in [-0.1, -0.05) is 24.3 Å². The van der Waals surface area contributed by atoms with Crippen LogP contribution in [0, 0.1) is 5.92 Å². The first-order valence-electron chi connectivity index (χ1n) is 9.28. The van der Waals surface area contributed by atoms with Crippen LogP contribution in [0.25, 0.3) is 11.1 Å². The standard InChI is InChI=1S/C21H24N2O3/c1-2-26-20(24)17-11-16(12-22-13-17)15-3-5-18(6-4-15)21(25)14-23-9-7-19(21)8-10-23/h3-6,11-13,19,25H,2,7-10,14H2,1H3. The summed E-state index contributed by atoms with van der Waals surface area (Å²) in [6, 6.07) is 9.80. The first-order chi connectivity index (χ1) is 12.6. The summed E-state index contributed by atoms with van der Waals surface area (Å²) in [5, 5.41) is 11.3. The number of pyridine rings is 1. The van der Waals surface area contributed by atoms with E-state index in [4.69, 9.17) is 4.74 Å². The van der Waals surface area contributed by atoms with Crippen molar-refractivity contribution in [3.05, 3.63) is 53.9 Å². The minimum absolute atomic E-state index is 0.340. The number of nitrogens with zero attached hydrogens (tertiary/aromatic N) is 2. The maximum absolute atomic E-state index is 11.9. The minimum atomic E-state index is -0.750. The molecule has 4 heterocycles. The summed E-state index contributed by atoms with van der Waals surface area (Å²) in [5.41, 5.74) is 2.51. The molecule has 0 saturated carbocycles. The molecular weight excluding hydrogens is 328 g/mol. The van der Waals surface area contributed by atoms with Crippen LogP contribution in [0.5, 0.6) is 0 Å². The molecule has 2 bridgehead atoms. The van der Waals surface area contributed by atoms with Crippen molar-refractivity contribution in [2.75, 3.05) is 26.2 Å². The van der Waals surface area contributed by atoms with Crippen LogP contribution in [-0.4, -0.2) is 47.2 Å². The number of fused-ring (bicyclic) bond motifs is 3. The zero-order valence-corrected chi connectivity index (χ0v) is 15.0. The molecule has 1 N–H and O–H groups in total. The molecule has 1 atom stereocenters. The van der Waals surface area contributed by atoms with Crippen molar-refractivity contribution in [1.82, 2.24) is 9.88 Å². The Morgan fingerprint density at radius 2 is 1.96 bits per heavy atom. The summed E-state index contributed by atoms with van der Waals surface area (Å²) < 4.78 is 5.04. The normalized spacial score (nSPS) is 27.3. The number of piperidine rings is 3. The van der Waals surface area contributed by atoms with Gasteiger partial charge in [0.2, 0.25) is 0 Å². The van der Waals surface area contributed by atoms with Gasteiger partial charge < -0.3 is 14.7 Å². The van der Waals surface area contributed by atoms with Crippen LogP contribution in [0.15, 0.2) is 42.7 Å². The van der Waals surface area contributed by atoms with Gasteiger partial charge in [0.1, 0.15) is 5.60 Å². The number of hydrogen-bond acceptors (Lipinski definition) is 5. The minimum Gasteiger partial charge on any atom is -0.462 e. The second-order valence-electron chi connectivity index (χ2n) is 7.23. The Labute approximate surface area is 153 Å². The second kappa shape index (κ2) is 6.82. The topological polar surface area (TPSA) is 62.7 Å². The zero-order valence-electron chi connectivity index (χ0n) is 15.0. The van der Waals surface area contributed by atoms with E-state index >= 15 is 0 Å². The van der Waals surface area contributed by atoms with Gasteiger partial charge >= 0.3 is 5.97 Å². The van der Waals surface area contributed by atoms with Gasteiger partial charge in [0.25, 0.3) is 0 Å². The molecule has 3 aliphatic rings. The number of hydrogen-bond donors (Lipinski definition) is 1. The summed E-state index contributed by atoms with van der Waals surface area (Å²) in [7, 11) is 0. The molecular formula is C21H24N2O3. The van der Waals surface area contributed by atoms with Gasteiger partial charge in [-0.3, -0.25) is 4.98 Å². The molecule has 0 aliphatic carbocycles. The molecule has 136 valence electrons. The number of carbonyl (C=O) groups excluding carboxylic acids is 1. The molecule has 5 rings (SSSR count). The van der Waals surface area contributed by atoms with Gasteiger partial charge in [-0.05, 0) is 56.0 Å². The van der Waals surface area contributed by atoms with Crippen LogP contribution in [-0.2, 0) is 10.3 Å². The van der Waals surface area contributed by atoms with E-state index in [9.17, 15) is 9.90 Å². The van der Waals surface area contributed by atoms with Crippen LogP contribution in [0.2, 0.25) is 0 Å². The van der Waals surface area contributed by atoms with E-state index < -0.39 is 5.60 Å². The molecule has 3 fully saturated rings. The number of rotatable bonds is 4. The number of esters is 1. The van der Waals surface area contributed by atoms with Crippen molar-refractivity contribution in [3.63, 3.8) is 0 Å². The number of ether oxygens (including phenoxy) is 1. The van der Waals surface area contributed by atoms with Crippen LogP contribution in [0.1, 0.15) is 35.7 Å². The van der Waals surface area contributed by atoms with Gasteiger partial charge in [-0.25, -0.2) is 4.79 Å². The Morgan fingerprint density at radius 3 is 2.58 bits per heavy atom. The lowest BCUT2D eigenvalue weighted by atomic mass is 9.71. The number of carbonyl (C=O) groups is 1. The molecule has 0 radical (unpaired) electrons. The summed E-state index contributed by atoms with van der Waals surface area (Å²) in [5.74, 6) is -0.0211. The molecule has 3 aliphatic heterocycles. The lowest BCUT2D eigenvalue weighted by Gasteiger charge is -2.50. The third-order valence-corrected chi connectivity index (χ3v) is 5.70. The van der Waals surface area contributed by atoms with E-state index in [0.717, 1.165) is 49.2 Å². The molecule has 2 aromatic rings. The predicted molar refractivity (Wildman–Crippen MR) is 98.7 cm³/mol. The Bertz CT molecular complexity index is 797. The van der Waals surface area contributed by atoms with Gasteiger partial charge in [0, 0.05) is 24.5 Å². The van der Waals surface area contributed by atoms with Crippen molar-refractivity contribution in [1.29, 1.82) is 0 Å². The summed E-state index contributed by atoms with van der Waals surface area (Å²) in [6.45, 7) is 5.04. The fraction of sp³-hybridized carbons (Fsp3) is 0.429. The van der Waals surface area contributed by atoms with E-state index in [-0.39, 0.29) is 5.97 Å². The maximum Gasteiger partial charge on any atom is 0.339 e. The van der Waals surface area contributed by atoms with E-state index in [0.29, 0.717) is 18.1 Å². The quantitative estimate of drug-likeness (QED) is 0.858. The van der Waals surface area contributed by atoms with E-state index in [1.54, 1.807) is 19.2 Å². The van der Waals surface area contributed by atoms with E-state index in [1.807, 2.05) is 24.3 Å². The molecule has 5 nitrogen and oxygen atoms in total. The number of aromatic nitrogens is 1. The smallest absolute Gasteiger partial charge is 0.339 e. The average molecular weight is 352 g/mol. The Morgan fingerprint density at radius 1 is 1.23 bits per heavy atom. The second-order valence-corrected chi connectivity index (χ2v) is 7.23. The number of benzene rings is 1. The van der Waals surface area contributed by atoms with Crippen LogP contribution in [0.3, 0.4) is 0 Å². The van der Waals surface area contributed by atoms with Crippen molar-refractivity contribution < 1.29 is 14.6 Å². The molecule has 0 spiro atoms. The van der Waals surface area contributed by atoms with Crippen molar-refractivity contribution in [2.24, 2.45) is 5.92 Å².